The number of hydrogen-bond donors (Lipinski definition) is 2. The van der Waals surface area contributed by atoms with E-state index in [1.165, 1.54) is 5.57 Å². The molecule has 0 aromatic heterocycles. The van der Waals surface area contributed by atoms with Crippen molar-refractivity contribution in [3.63, 3.8) is 0 Å². The molecule has 0 radical (unpaired) electrons. The zero-order valence-corrected chi connectivity index (χ0v) is 22.9. The van der Waals surface area contributed by atoms with Gasteiger partial charge in [0, 0.05) is 6.42 Å². The molecule has 1 spiro atoms. The van der Waals surface area contributed by atoms with Gasteiger partial charge in [-0.3, -0.25) is 9.59 Å². The second-order valence-corrected chi connectivity index (χ2v) is 14.7. The summed E-state index contributed by atoms with van der Waals surface area (Å²) in [6.45, 7) is 14.6. The van der Waals surface area contributed by atoms with Gasteiger partial charge in [0.2, 0.25) is 0 Å². The lowest BCUT2D eigenvalue weighted by atomic mass is 9.41. The predicted molar refractivity (Wildman–Crippen MR) is 134 cm³/mol. The summed E-state index contributed by atoms with van der Waals surface area (Å²) in [6, 6.07) is 0. The zero-order valence-electron chi connectivity index (χ0n) is 22.9. The molecule has 5 nitrogen and oxygen atoms in total. The number of rotatable bonds is 4. The van der Waals surface area contributed by atoms with Gasteiger partial charge >= 0.3 is 5.97 Å². The summed E-state index contributed by atoms with van der Waals surface area (Å²) >= 11 is 0. The SMILES string of the molecule is CC(C)(O)CCC[C@]1(C)OC(=O)[C@]23CC=C4[C@@H](CC[C@H]5C(C)(C)[C@@H](O)CC[C@]45C)[C@]2(C)CC(=O)[C@@H]31. The molecule has 1 aliphatic heterocycles. The van der Waals surface area contributed by atoms with Crippen LogP contribution in [0.2, 0.25) is 0 Å². The number of carbonyl (C=O) groups excluding carboxylic acids is 2. The fraction of sp³-hybridized carbons (Fsp3) is 0.867. The highest BCUT2D eigenvalue weighted by atomic mass is 16.6. The Morgan fingerprint density at radius 3 is 2.43 bits per heavy atom. The number of ketones is 1. The maximum atomic E-state index is 13.8. The average Bonchev–Trinajstić information content (AvgIpc) is 3.11. The Hall–Kier alpha value is -1.20. The lowest BCUT2D eigenvalue weighted by molar-refractivity contribution is -0.163. The van der Waals surface area contributed by atoms with E-state index >= 15 is 0 Å². The van der Waals surface area contributed by atoms with Crippen molar-refractivity contribution in [2.75, 3.05) is 0 Å². The molecule has 8 atom stereocenters. The van der Waals surface area contributed by atoms with Crippen LogP contribution in [0.1, 0.15) is 106 Å². The number of hydrogen-bond acceptors (Lipinski definition) is 5. The number of aliphatic hydroxyl groups is 2. The number of aliphatic hydroxyl groups excluding tert-OH is 1. The van der Waals surface area contributed by atoms with Gasteiger partial charge in [-0.05, 0) is 100 Å². The Bertz CT molecular complexity index is 974. The van der Waals surface area contributed by atoms with Crippen LogP contribution in [0.4, 0.5) is 0 Å². The van der Waals surface area contributed by atoms with E-state index in [4.69, 9.17) is 4.74 Å². The van der Waals surface area contributed by atoms with Gasteiger partial charge in [0.15, 0.2) is 0 Å². The van der Waals surface area contributed by atoms with Crippen molar-refractivity contribution >= 4 is 11.8 Å². The second-order valence-electron chi connectivity index (χ2n) is 14.7. The van der Waals surface area contributed by atoms with Gasteiger partial charge < -0.3 is 14.9 Å². The molecule has 4 aliphatic carbocycles. The van der Waals surface area contributed by atoms with Crippen molar-refractivity contribution in [2.24, 2.45) is 39.4 Å². The van der Waals surface area contributed by atoms with Crippen LogP contribution in [-0.4, -0.2) is 39.3 Å². The van der Waals surface area contributed by atoms with Crippen LogP contribution in [0.15, 0.2) is 11.6 Å². The van der Waals surface area contributed by atoms with Crippen LogP contribution in [-0.2, 0) is 14.3 Å². The standard InChI is InChI=1S/C30H46O5/c1-25(2,34)13-8-14-29(7)23-20(31)17-28(6)19-9-10-21-26(3,4)22(32)12-15-27(21,5)18(19)11-16-30(23,28)24(33)35-29/h11,19,21-23,32,34H,8-10,12-17H2,1-7H3/t19-,21+,22+,23-,27-,28+,29+,30-/m1/s1. The first kappa shape index (κ1) is 25.4. The number of ether oxygens (including phenoxy) is 1. The third-order valence-electron chi connectivity index (χ3n) is 11.8. The van der Waals surface area contributed by atoms with Gasteiger partial charge in [0.1, 0.15) is 11.4 Å². The lowest BCUT2D eigenvalue weighted by Gasteiger charge is -2.63. The third kappa shape index (κ3) is 3.19. The monoisotopic (exact) mass is 486 g/mol. The number of allylic oxidation sites excluding steroid dienone is 2. The van der Waals surface area contributed by atoms with Gasteiger partial charge in [-0.1, -0.05) is 39.3 Å². The molecule has 5 heteroatoms. The molecule has 0 unspecified atom stereocenters. The van der Waals surface area contributed by atoms with Crippen molar-refractivity contribution in [1.29, 1.82) is 0 Å². The molecule has 0 aromatic rings. The largest absolute Gasteiger partial charge is 0.458 e. The van der Waals surface area contributed by atoms with Crippen LogP contribution in [0.25, 0.3) is 0 Å². The topological polar surface area (TPSA) is 83.8 Å². The maximum absolute atomic E-state index is 13.8. The van der Waals surface area contributed by atoms with Gasteiger partial charge in [-0.25, -0.2) is 0 Å². The molecule has 0 bridgehead atoms. The molecule has 5 rings (SSSR count). The van der Waals surface area contributed by atoms with Crippen LogP contribution in [0, 0.1) is 39.4 Å². The molecule has 5 aliphatic rings. The average molecular weight is 487 g/mol. The first-order chi connectivity index (χ1) is 16.0. The fourth-order valence-electron chi connectivity index (χ4n) is 10.0. The third-order valence-corrected chi connectivity index (χ3v) is 11.8. The molecule has 0 aromatic carbocycles. The Labute approximate surface area is 211 Å². The molecule has 0 amide bonds. The van der Waals surface area contributed by atoms with Gasteiger partial charge in [-0.15, -0.1) is 0 Å². The minimum Gasteiger partial charge on any atom is -0.458 e. The summed E-state index contributed by atoms with van der Waals surface area (Å²) < 4.78 is 6.18. The highest BCUT2D eigenvalue weighted by Gasteiger charge is 2.78. The van der Waals surface area contributed by atoms with E-state index in [1.807, 2.05) is 6.92 Å². The molecule has 4 fully saturated rings. The first-order valence-corrected chi connectivity index (χ1v) is 13.9. The van der Waals surface area contributed by atoms with Gasteiger partial charge in [0.05, 0.1) is 23.0 Å². The van der Waals surface area contributed by atoms with Crippen LogP contribution >= 0.6 is 0 Å². The smallest absolute Gasteiger partial charge is 0.314 e. The summed E-state index contributed by atoms with van der Waals surface area (Å²) in [6.07, 6.45) is 8.75. The van der Waals surface area contributed by atoms with Gasteiger partial charge in [0.25, 0.3) is 0 Å². The van der Waals surface area contributed by atoms with Crippen molar-refractivity contribution in [3.8, 4) is 0 Å². The highest BCUT2D eigenvalue weighted by molar-refractivity contribution is 5.99. The minimum absolute atomic E-state index is 0.00405. The summed E-state index contributed by atoms with van der Waals surface area (Å²) in [5, 5.41) is 21.0. The maximum Gasteiger partial charge on any atom is 0.314 e. The predicted octanol–water partition coefficient (Wildman–Crippen LogP) is 5.37. The van der Waals surface area contributed by atoms with Crippen molar-refractivity contribution in [2.45, 2.75) is 124 Å². The summed E-state index contributed by atoms with van der Waals surface area (Å²) in [4.78, 5) is 27.6. The number of fused-ring (bicyclic) bond motifs is 4. The first-order valence-electron chi connectivity index (χ1n) is 13.9. The number of cyclic esters (lactones) is 1. The summed E-state index contributed by atoms with van der Waals surface area (Å²) in [7, 11) is 0. The zero-order chi connectivity index (χ0) is 25.8. The van der Waals surface area contributed by atoms with E-state index in [-0.39, 0.29) is 34.6 Å². The Balaban J connectivity index is 1.53. The summed E-state index contributed by atoms with van der Waals surface area (Å²) in [5.41, 5.74) is -1.50. The molecular weight excluding hydrogens is 440 g/mol. The molecule has 3 saturated carbocycles. The number of esters is 1. The molecule has 1 saturated heterocycles. The Kier molecular flexibility index (Phi) is 5.40. The number of carbonyl (C=O) groups is 2. The van der Waals surface area contributed by atoms with Crippen LogP contribution in [0.5, 0.6) is 0 Å². The van der Waals surface area contributed by atoms with E-state index in [9.17, 15) is 19.8 Å². The number of Topliss-reactive ketones (excluding diaryl/α,β-unsaturated/α-hetero) is 1. The quantitative estimate of drug-likeness (QED) is 0.412. The van der Waals surface area contributed by atoms with Crippen LogP contribution < -0.4 is 0 Å². The van der Waals surface area contributed by atoms with E-state index in [0.717, 1.165) is 25.7 Å². The Morgan fingerprint density at radius 2 is 1.77 bits per heavy atom. The highest BCUT2D eigenvalue weighted by Crippen LogP contribution is 2.75. The molecule has 1 heterocycles. The molecule has 35 heavy (non-hydrogen) atoms. The van der Waals surface area contributed by atoms with E-state index in [1.54, 1.807) is 13.8 Å². The van der Waals surface area contributed by atoms with Crippen molar-refractivity contribution in [3.05, 3.63) is 11.6 Å². The van der Waals surface area contributed by atoms with Gasteiger partial charge in [-0.2, -0.15) is 0 Å². The Morgan fingerprint density at radius 1 is 1.09 bits per heavy atom. The van der Waals surface area contributed by atoms with Crippen molar-refractivity contribution < 1.29 is 24.5 Å². The normalized spacial score (nSPS) is 48.4. The van der Waals surface area contributed by atoms with E-state index < -0.39 is 27.9 Å². The molecular formula is C30H46O5. The van der Waals surface area contributed by atoms with Crippen molar-refractivity contribution in [1.82, 2.24) is 0 Å². The molecule has 196 valence electrons. The second kappa shape index (κ2) is 7.43. The lowest BCUT2D eigenvalue weighted by Crippen LogP contribution is -2.58. The van der Waals surface area contributed by atoms with E-state index in [2.05, 4.69) is 33.8 Å². The summed E-state index contributed by atoms with van der Waals surface area (Å²) in [5.74, 6) is 0.189. The minimum atomic E-state index is -0.805. The van der Waals surface area contributed by atoms with E-state index in [0.29, 0.717) is 38.0 Å². The van der Waals surface area contributed by atoms with Crippen LogP contribution in [0.3, 0.4) is 0 Å². The fourth-order valence-corrected chi connectivity index (χ4v) is 10.0. The molecule has 2 N–H and O–H groups in total.